The lowest BCUT2D eigenvalue weighted by Gasteiger charge is -2.31. The minimum Gasteiger partial charge on any atom is -0.469 e. The van der Waals surface area contributed by atoms with Gasteiger partial charge in [0.15, 0.2) is 5.12 Å². The predicted octanol–water partition coefficient (Wildman–Crippen LogP) is 1.25. The maximum atomic E-state index is 11.9. The summed E-state index contributed by atoms with van der Waals surface area (Å²) in [6.07, 6.45) is 1.59. The van der Waals surface area contributed by atoms with E-state index in [0.717, 1.165) is 12.8 Å². The third kappa shape index (κ3) is 2.50. The zero-order valence-corrected chi connectivity index (χ0v) is 12.1. The fourth-order valence-corrected chi connectivity index (χ4v) is 4.81. The molecule has 2 saturated carbocycles. The van der Waals surface area contributed by atoms with E-state index in [9.17, 15) is 14.4 Å². The van der Waals surface area contributed by atoms with Gasteiger partial charge in [-0.2, -0.15) is 0 Å². The number of methoxy groups -OCH3 is 2. The molecule has 2 aliphatic carbocycles. The lowest BCUT2D eigenvalue weighted by atomic mass is 9.79. The molecule has 6 heteroatoms. The first kappa shape index (κ1) is 14.4. The molecule has 0 aromatic rings. The normalized spacial score (nSPS) is 36.1. The Balaban J connectivity index is 2.21. The number of carbonyl (C=O) groups excluding carboxylic acids is 3. The first-order valence-electron chi connectivity index (χ1n) is 6.32. The van der Waals surface area contributed by atoms with Crippen molar-refractivity contribution in [1.29, 1.82) is 0 Å². The van der Waals surface area contributed by atoms with E-state index in [1.165, 1.54) is 32.9 Å². The minimum atomic E-state index is -0.465. The third-order valence-electron chi connectivity index (χ3n) is 4.21. The summed E-state index contributed by atoms with van der Waals surface area (Å²) >= 11 is 1.28. The van der Waals surface area contributed by atoms with E-state index in [0.29, 0.717) is 0 Å². The van der Waals surface area contributed by atoms with Crippen molar-refractivity contribution in [1.82, 2.24) is 0 Å². The Bertz CT molecular complexity index is 408. The SMILES string of the molecule is COC(=O)[C@H]1[C@@H]2C[C@H]([C@@H]1C(=O)OC)[C@@H](SC(C)=O)C2. The maximum absolute atomic E-state index is 11.9. The van der Waals surface area contributed by atoms with Gasteiger partial charge in [0.25, 0.3) is 0 Å². The molecule has 19 heavy (non-hydrogen) atoms. The Morgan fingerprint density at radius 2 is 1.58 bits per heavy atom. The maximum Gasteiger partial charge on any atom is 0.309 e. The highest BCUT2D eigenvalue weighted by Gasteiger charge is 2.59. The van der Waals surface area contributed by atoms with Gasteiger partial charge in [-0.25, -0.2) is 0 Å². The zero-order chi connectivity index (χ0) is 14.2. The molecular formula is C13H18O5S. The molecule has 2 rings (SSSR count). The van der Waals surface area contributed by atoms with Gasteiger partial charge in [-0.15, -0.1) is 0 Å². The van der Waals surface area contributed by atoms with Crippen LogP contribution < -0.4 is 0 Å². The molecule has 2 aliphatic rings. The standard InChI is InChI=1S/C13H18O5S/c1-6(14)19-9-5-7-4-8(9)11(13(16)18-3)10(7)12(15)17-2/h7-11H,4-5H2,1-3H3/t7-,8+,9+,10+,11+/m1/s1. The van der Waals surface area contributed by atoms with E-state index in [2.05, 4.69) is 0 Å². The molecule has 0 aromatic carbocycles. The lowest BCUT2D eigenvalue weighted by molar-refractivity contribution is -0.159. The molecule has 2 fully saturated rings. The number of hydrogen-bond donors (Lipinski definition) is 0. The molecule has 0 aliphatic heterocycles. The highest BCUT2D eigenvalue weighted by molar-refractivity contribution is 8.14. The van der Waals surface area contributed by atoms with E-state index >= 15 is 0 Å². The topological polar surface area (TPSA) is 69.7 Å². The monoisotopic (exact) mass is 286 g/mol. The van der Waals surface area contributed by atoms with Gasteiger partial charge in [0, 0.05) is 12.2 Å². The molecule has 5 nitrogen and oxygen atoms in total. The van der Waals surface area contributed by atoms with Crippen LogP contribution in [0.1, 0.15) is 19.8 Å². The van der Waals surface area contributed by atoms with Crippen LogP contribution in [0.2, 0.25) is 0 Å². The first-order valence-corrected chi connectivity index (χ1v) is 7.20. The Labute approximate surface area is 116 Å². The molecule has 106 valence electrons. The Kier molecular flexibility index (Phi) is 4.18. The third-order valence-corrected chi connectivity index (χ3v) is 5.38. The van der Waals surface area contributed by atoms with E-state index < -0.39 is 11.8 Å². The number of thioether (sulfide) groups is 1. The van der Waals surface area contributed by atoms with Crippen molar-refractivity contribution in [3.63, 3.8) is 0 Å². The van der Waals surface area contributed by atoms with Crippen LogP contribution in [0.15, 0.2) is 0 Å². The van der Waals surface area contributed by atoms with Gasteiger partial charge in [-0.3, -0.25) is 14.4 Å². The van der Waals surface area contributed by atoms with E-state index in [1.807, 2.05) is 0 Å². The minimum absolute atomic E-state index is 0.0375. The number of fused-ring (bicyclic) bond motifs is 2. The average molecular weight is 286 g/mol. The van der Waals surface area contributed by atoms with Gasteiger partial charge in [0.2, 0.25) is 0 Å². The van der Waals surface area contributed by atoms with Crippen LogP contribution in [0.4, 0.5) is 0 Å². The first-order chi connectivity index (χ1) is 8.99. The number of hydrogen-bond acceptors (Lipinski definition) is 6. The lowest BCUT2D eigenvalue weighted by Crippen LogP contribution is -2.40. The molecule has 0 unspecified atom stereocenters. The van der Waals surface area contributed by atoms with Crippen molar-refractivity contribution >= 4 is 28.8 Å². The second-order valence-electron chi connectivity index (χ2n) is 5.14. The number of carbonyl (C=O) groups is 3. The fourth-order valence-electron chi connectivity index (χ4n) is 3.58. The van der Waals surface area contributed by atoms with Crippen LogP contribution in [0.3, 0.4) is 0 Å². The molecule has 5 atom stereocenters. The quantitative estimate of drug-likeness (QED) is 0.727. The second-order valence-corrected chi connectivity index (χ2v) is 6.56. The number of rotatable bonds is 3. The van der Waals surface area contributed by atoms with E-state index in [1.54, 1.807) is 0 Å². The highest BCUT2D eigenvalue weighted by Crippen LogP contribution is 2.56. The van der Waals surface area contributed by atoms with Gasteiger partial charge < -0.3 is 9.47 Å². The van der Waals surface area contributed by atoms with Crippen molar-refractivity contribution < 1.29 is 23.9 Å². The smallest absolute Gasteiger partial charge is 0.309 e. The summed E-state index contributed by atoms with van der Waals surface area (Å²) in [4.78, 5) is 35.1. The molecule has 0 amide bonds. The Hall–Kier alpha value is -1.04. The summed E-state index contributed by atoms with van der Waals surface area (Å²) in [7, 11) is 2.67. The van der Waals surface area contributed by atoms with Crippen molar-refractivity contribution in [3.05, 3.63) is 0 Å². The van der Waals surface area contributed by atoms with Gasteiger partial charge >= 0.3 is 11.9 Å². The van der Waals surface area contributed by atoms with Crippen molar-refractivity contribution in [2.24, 2.45) is 23.7 Å². The van der Waals surface area contributed by atoms with Crippen LogP contribution in [0.5, 0.6) is 0 Å². The Morgan fingerprint density at radius 3 is 2.11 bits per heavy atom. The summed E-state index contributed by atoms with van der Waals surface area (Å²) in [5.41, 5.74) is 0. The average Bonchev–Trinajstić information content (AvgIpc) is 2.93. The predicted molar refractivity (Wildman–Crippen MR) is 69.3 cm³/mol. The van der Waals surface area contributed by atoms with Gasteiger partial charge in [0.1, 0.15) is 0 Å². The number of esters is 2. The summed E-state index contributed by atoms with van der Waals surface area (Å²) < 4.78 is 9.63. The summed E-state index contributed by atoms with van der Waals surface area (Å²) in [6, 6.07) is 0. The van der Waals surface area contributed by atoms with E-state index in [4.69, 9.17) is 9.47 Å². The molecule has 2 bridgehead atoms. The highest BCUT2D eigenvalue weighted by atomic mass is 32.2. The van der Waals surface area contributed by atoms with Gasteiger partial charge in [-0.1, -0.05) is 11.8 Å². The molecule has 0 saturated heterocycles. The molecule has 0 heterocycles. The van der Waals surface area contributed by atoms with Crippen molar-refractivity contribution in [2.75, 3.05) is 14.2 Å². The molecule has 0 spiro atoms. The largest absolute Gasteiger partial charge is 0.469 e. The summed E-state index contributed by atoms with van der Waals surface area (Å²) in [6.45, 7) is 1.53. The second kappa shape index (κ2) is 5.53. The fraction of sp³-hybridized carbons (Fsp3) is 0.769. The summed E-state index contributed by atoms with van der Waals surface area (Å²) in [5.74, 6) is -1.42. The van der Waals surface area contributed by atoms with Crippen molar-refractivity contribution in [3.8, 4) is 0 Å². The zero-order valence-electron chi connectivity index (χ0n) is 11.3. The molecular weight excluding hydrogens is 268 g/mol. The van der Waals surface area contributed by atoms with Crippen LogP contribution >= 0.6 is 11.8 Å². The van der Waals surface area contributed by atoms with Crippen LogP contribution in [0.25, 0.3) is 0 Å². The van der Waals surface area contributed by atoms with E-state index in [-0.39, 0.29) is 34.1 Å². The van der Waals surface area contributed by atoms with Gasteiger partial charge in [-0.05, 0) is 24.7 Å². The van der Waals surface area contributed by atoms with Gasteiger partial charge in [0.05, 0.1) is 26.1 Å². The molecule has 0 aromatic heterocycles. The number of ether oxygens (including phenoxy) is 2. The Morgan fingerprint density at radius 1 is 1.00 bits per heavy atom. The molecule has 0 radical (unpaired) electrons. The summed E-state index contributed by atoms with van der Waals surface area (Å²) in [5, 5.41) is 0.170. The van der Waals surface area contributed by atoms with Crippen LogP contribution in [-0.4, -0.2) is 36.5 Å². The van der Waals surface area contributed by atoms with Crippen LogP contribution in [0, 0.1) is 23.7 Å². The molecule has 0 N–H and O–H groups in total. The van der Waals surface area contributed by atoms with Crippen LogP contribution in [-0.2, 0) is 23.9 Å². The van der Waals surface area contributed by atoms with Crippen molar-refractivity contribution in [2.45, 2.75) is 25.0 Å².